The molecule has 0 aliphatic heterocycles. The molecule has 0 saturated carbocycles. The number of halogens is 1. The van der Waals surface area contributed by atoms with E-state index in [0.717, 1.165) is 6.08 Å². The average Bonchev–Trinajstić information content (AvgIpc) is 3.19. The normalized spacial score (nSPS) is 12.4. The molecule has 1 aromatic heterocycles. The summed E-state index contributed by atoms with van der Waals surface area (Å²) < 4.78 is 10.6. The Kier molecular flexibility index (Phi) is 5.64. The fourth-order valence-corrected chi connectivity index (χ4v) is 3.45. The summed E-state index contributed by atoms with van der Waals surface area (Å²) in [4.78, 5) is 49.2. The highest BCUT2D eigenvalue weighted by atomic mass is 79.9. The van der Waals surface area contributed by atoms with Crippen LogP contribution in [0.15, 0.2) is 69.8 Å². The predicted octanol–water partition coefficient (Wildman–Crippen LogP) is 4.01. The van der Waals surface area contributed by atoms with E-state index < -0.39 is 18.5 Å². The third-order valence-electron chi connectivity index (χ3n) is 4.53. The van der Waals surface area contributed by atoms with Crippen LogP contribution < -0.4 is 5.32 Å². The average molecular weight is 480 g/mol. The fourth-order valence-electron chi connectivity index (χ4n) is 3.13. The summed E-state index contributed by atoms with van der Waals surface area (Å²) in [5.74, 6) is -1.39. The maximum absolute atomic E-state index is 12.7. The SMILES string of the molecule is O=C(COC(=O)C=Cc1ccc(Br)o1)Nc1ccc2c(c1)C(=O)c1ccccc1C2=O. The van der Waals surface area contributed by atoms with Crippen molar-refractivity contribution < 1.29 is 28.3 Å². The van der Waals surface area contributed by atoms with Gasteiger partial charge in [-0.25, -0.2) is 4.79 Å². The molecule has 0 atom stereocenters. The molecule has 2 aromatic carbocycles. The number of nitrogens with one attached hydrogen (secondary N) is 1. The molecule has 7 nitrogen and oxygen atoms in total. The zero-order chi connectivity index (χ0) is 22.0. The van der Waals surface area contributed by atoms with Crippen molar-refractivity contribution in [2.45, 2.75) is 0 Å². The number of benzene rings is 2. The lowest BCUT2D eigenvalue weighted by Gasteiger charge is -2.18. The number of fused-ring (bicyclic) bond motifs is 2. The summed E-state index contributed by atoms with van der Waals surface area (Å²) in [6.45, 7) is -0.516. The van der Waals surface area contributed by atoms with Gasteiger partial charge >= 0.3 is 5.97 Å². The summed E-state index contributed by atoms with van der Waals surface area (Å²) in [5, 5.41) is 2.56. The molecule has 0 bridgehead atoms. The van der Waals surface area contributed by atoms with Crippen molar-refractivity contribution >= 4 is 51.1 Å². The van der Waals surface area contributed by atoms with Crippen LogP contribution in [0.1, 0.15) is 37.6 Å². The highest BCUT2D eigenvalue weighted by Crippen LogP contribution is 2.29. The second-order valence-corrected chi connectivity index (χ2v) is 7.38. The molecule has 1 amide bonds. The molecule has 1 aliphatic carbocycles. The molecule has 4 rings (SSSR count). The second kappa shape index (κ2) is 8.53. The van der Waals surface area contributed by atoms with Gasteiger partial charge in [-0.1, -0.05) is 24.3 Å². The van der Waals surface area contributed by atoms with Gasteiger partial charge in [-0.05, 0) is 52.3 Å². The summed E-state index contributed by atoms with van der Waals surface area (Å²) in [7, 11) is 0. The van der Waals surface area contributed by atoms with Crippen molar-refractivity contribution in [1.29, 1.82) is 0 Å². The Labute approximate surface area is 184 Å². The minimum atomic E-state index is -0.717. The molecule has 3 aromatic rings. The summed E-state index contributed by atoms with van der Waals surface area (Å²) >= 11 is 3.15. The quantitative estimate of drug-likeness (QED) is 0.342. The summed E-state index contributed by atoms with van der Waals surface area (Å²) in [6, 6.07) is 14.4. The topological polar surface area (TPSA) is 103 Å². The fraction of sp³-hybridized carbons (Fsp3) is 0.0435. The summed E-state index contributed by atoms with van der Waals surface area (Å²) in [6.07, 6.45) is 2.55. The van der Waals surface area contributed by atoms with E-state index in [1.165, 1.54) is 24.3 Å². The van der Waals surface area contributed by atoms with E-state index in [1.54, 1.807) is 36.4 Å². The van der Waals surface area contributed by atoms with Gasteiger partial charge in [-0.15, -0.1) is 0 Å². The molecule has 0 radical (unpaired) electrons. The molecule has 0 spiro atoms. The molecule has 0 saturated heterocycles. The van der Waals surface area contributed by atoms with Crippen LogP contribution in [0.5, 0.6) is 0 Å². The molecule has 31 heavy (non-hydrogen) atoms. The van der Waals surface area contributed by atoms with Gasteiger partial charge < -0.3 is 14.5 Å². The number of anilines is 1. The number of furan rings is 1. The first-order chi connectivity index (χ1) is 14.9. The number of hydrogen-bond acceptors (Lipinski definition) is 6. The predicted molar refractivity (Wildman–Crippen MR) is 115 cm³/mol. The van der Waals surface area contributed by atoms with Crippen molar-refractivity contribution in [1.82, 2.24) is 0 Å². The zero-order valence-corrected chi connectivity index (χ0v) is 17.5. The number of ether oxygens (including phenoxy) is 1. The number of rotatable bonds is 5. The largest absolute Gasteiger partial charge is 0.452 e. The van der Waals surface area contributed by atoms with Crippen LogP contribution in [0.2, 0.25) is 0 Å². The van der Waals surface area contributed by atoms with Gasteiger partial charge in [0.2, 0.25) is 0 Å². The smallest absolute Gasteiger partial charge is 0.331 e. The Morgan fingerprint density at radius 2 is 1.61 bits per heavy atom. The maximum Gasteiger partial charge on any atom is 0.331 e. The highest BCUT2D eigenvalue weighted by molar-refractivity contribution is 9.10. The van der Waals surface area contributed by atoms with Crippen LogP contribution in [0.3, 0.4) is 0 Å². The van der Waals surface area contributed by atoms with Gasteiger partial charge in [0.25, 0.3) is 5.91 Å². The van der Waals surface area contributed by atoms with Crippen LogP contribution in [0, 0.1) is 0 Å². The Hall–Kier alpha value is -3.78. The molecule has 1 N–H and O–H groups in total. The number of carbonyl (C=O) groups excluding carboxylic acids is 4. The van der Waals surface area contributed by atoms with E-state index in [2.05, 4.69) is 21.2 Å². The minimum absolute atomic E-state index is 0.214. The standard InChI is InChI=1S/C23H14BrNO6/c24-19-9-6-14(31-19)7-10-21(27)30-12-20(26)25-13-5-8-17-18(11-13)23(29)16-4-2-1-3-15(16)22(17)28/h1-11H,12H2,(H,25,26). The van der Waals surface area contributed by atoms with E-state index in [4.69, 9.17) is 9.15 Å². The molecule has 1 heterocycles. The van der Waals surface area contributed by atoms with Gasteiger partial charge in [0.15, 0.2) is 22.8 Å². The van der Waals surface area contributed by atoms with E-state index in [1.807, 2.05) is 0 Å². The second-order valence-electron chi connectivity index (χ2n) is 6.60. The van der Waals surface area contributed by atoms with Crippen molar-refractivity contribution in [3.8, 4) is 0 Å². The van der Waals surface area contributed by atoms with Crippen LogP contribution >= 0.6 is 15.9 Å². The van der Waals surface area contributed by atoms with E-state index in [9.17, 15) is 19.2 Å². The molecular formula is C23H14BrNO6. The third-order valence-corrected chi connectivity index (χ3v) is 4.96. The van der Waals surface area contributed by atoms with Crippen molar-refractivity contribution in [3.63, 3.8) is 0 Å². The van der Waals surface area contributed by atoms with Gasteiger partial charge in [-0.3, -0.25) is 14.4 Å². The Morgan fingerprint density at radius 1 is 0.935 bits per heavy atom. The minimum Gasteiger partial charge on any atom is -0.452 e. The first-order valence-corrected chi connectivity index (χ1v) is 9.94. The van der Waals surface area contributed by atoms with Crippen LogP contribution in [0.25, 0.3) is 6.08 Å². The molecule has 154 valence electrons. The molecule has 0 unspecified atom stereocenters. The zero-order valence-electron chi connectivity index (χ0n) is 15.9. The monoisotopic (exact) mass is 479 g/mol. The molecule has 0 fully saturated rings. The van der Waals surface area contributed by atoms with Gasteiger partial charge in [0, 0.05) is 34.0 Å². The van der Waals surface area contributed by atoms with Crippen molar-refractivity contribution in [3.05, 3.63) is 93.4 Å². The van der Waals surface area contributed by atoms with Gasteiger partial charge in [-0.2, -0.15) is 0 Å². The molecule has 1 aliphatic rings. The number of esters is 1. The van der Waals surface area contributed by atoms with Crippen molar-refractivity contribution in [2.24, 2.45) is 0 Å². The third kappa shape index (κ3) is 4.39. The Bertz CT molecular complexity index is 1260. The number of amides is 1. The van der Waals surface area contributed by atoms with E-state index in [0.29, 0.717) is 27.2 Å². The van der Waals surface area contributed by atoms with E-state index in [-0.39, 0.29) is 22.7 Å². The first kappa shape index (κ1) is 20.5. The lowest BCUT2D eigenvalue weighted by atomic mass is 9.84. The van der Waals surface area contributed by atoms with Crippen molar-refractivity contribution in [2.75, 3.05) is 11.9 Å². The number of carbonyl (C=O) groups is 4. The van der Waals surface area contributed by atoms with E-state index >= 15 is 0 Å². The maximum atomic E-state index is 12.7. The Balaban J connectivity index is 1.39. The van der Waals surface area contributed by atoms with Gasteiger partial charge in [0.05, 0.1) is 0 Å². The summed E-state index contributed by atoms with van der Waals surface area (Å²) in [5.41, 5.74) is 1.50. The van der Waals surface area contributed by atoms with Crippen LogP contribution in [0.4, 0.5) is 5.69 Å². The molecular weight excluding hydrogens is 466 g/mol. The van der Waals surface area contributed by atoms with Crippen LogP contribution in [-0.2, 0) is 14.3 Å². The van der Waals surface area contributed by atoms with Gasteiger partial charge in [0.1, 0.15) is 5.76 Å². The highest BCUT2D eigenvalue weighted by Gasteiger charge is 2.29. The number of ketones is 2. The Morgan fingerprint density at radius 3 is 2.29 bits per heavy atom. The van der Waals surface area contributed by atoms with Crippen LogP contribution in [-0.4, -0.2) is 30.0 Å². The molecule has 8 heteroatoms. The number of hydrogen-bond donors (Lipinski definition) is 1. The lowest BCUT2D eigenvalue weighted by Crippen LogP contribution is -2.23. The first-order valence-electron chi connectivity index (χ1n) is 9.15. The lowest BCUT2D eigenvalue weighted by molar-refractivity contribution is -0.142.